The normalized spacial score (nSPS) is 22.3. The number of rotatable bonds is 3. The lowest BCUT2D eigenvalue weighted by atomic mass is 9.78. The van der Waals surface area contributed by atoms with Crippen molar-refractivity contribution in [1.82, 2.24) is 0 Å². The molecule has 108 valence electrons. The molecule has 4 nitrogen and oxygen atoms in total. The van der Waals surface area contributed by atoms with Crippen LogP contribution in [0.3, 0.4) is 0 Å². The highest BCUT2D eigenvalue weighted by molar-refractivity contribution is 5.95. The topological polar surface area (TPSA) is 69.2 Å². The highest BCUT2D eigenvalue weighted by Gasteiger charge is 2.31. The van der Waals surface area contributed by atoms with Crippen LogP contribution in [0.1, 0.15) is 31.2 Å². The van der Waals surface area contributed by atoms with Crippen LogP contribution in [0.15, 0.2) is 18.2 Å². The number of carbonyl (C=O) groups is 2. The third kappa shape index (κ3) is 3.15. The van der Waals surface area contributed by atoms with Crippen LogP contribution in [-0.4, -0.2) is 11.9 Å². The number of amides is 1. The van der Waals surface area contributed by atoms with Gasteiger partial charge in [0.15, 0.2) is 0 Å². The second-order valence-corrected chi connectivity index (χ2v) is 5.27. The Kier molecular flexibility index (Phi) is 4.37. The number of carbonyl (C=O) groups excluding carboxylic acids is 2. The molecule has 0 bridgehead atoms. The summed E-state index contributed by atoms with van der Waals surface area (Å²) in [4.78, 5) is 23.2. The van der Waals surface area contributed by atoms with Gasteiger partial charge in [-0.1, -0.05) is 18.9 Å². The number of aryl methyl sites for hydroxylation is 1. The molecule has 1 N–H and O–H groups in total. The smallest absolute Gasteiger partial charge is 0.228 e. The van der Waals surface area contributed by atoms with Gasteiger partial charge in [0.1, 0.15) is 5.82 Å². The minimum Gasteiger partial charge on any atom is -0.550 e. The molecule has 5 heteroatoms. The molecule has 0 aliphatic heterocycles. The second kappa shape index (κ2) is 6.03. The van der Waals surface area contributed by atoms with Crippen LogP contribution in [0, 0.1) is 24.6 Å². The maximum Gasteiger partial charge on any atom is 0.228 e. The number of carboxylic acids is 1. The van der Waals surface area contributed by atoms with Crippen molar-refractivity contribution in [2.45, 2.75) is 32.6 Å². The highest BCUT2D eigenvalue weighted by atomic mass is 19.1. The van der Waals surface area contributed by atoms with Crippen molar-refractivity contribution in [1.29, 1.82) is 0 Å². The molecule has 1 aliphatic carbocycles. The SMILES string of the molecule is Cc1ccc(NC(=O)[C@@H]2CCCC[C@@H]2C(=O)[O-])cc1F. The molecule has 1 fully saturated rings. The summed E-state index contributed by atoms with van der Waals surface area (Å²) >= 11 is 0. The predicted molar refractivity (Wildman–Crippen MR) is 70.2 cm³/mol. The number of benzene rings is 1. The van der Waals surface area contributed by atoms with Crippen molar-refractivity contribution in [2.75, 3.05) is 5.32 Å². The maximum absolute atomic E-state index is 13.4. The van der Waals surface area contributed by atoms with E-state index in [0.29, 0.717) is 24.1 Å². The molecule has 1 amide bonds. The zero-order valence-electron chi connectivity index (χ0n) is 11.3. The first-order valence-corrected chi connectivity index (χ1v) is 6.77. The Morgan fingerprint density at radius 1 is 1.25 bits per heavy atom. The van der Waals surface area contributed by atoms with Gasteiger partial charge in [-0.05, 0) is 37.5 Å². The van der Waals surface area contributed by atoms with E-state index in [1.54, 1.807) is 19.1 Å². The van der Waals surface area contributed by atoms with Crippen molar-refractivity contribution in [2.24, 2.45) is 11.8 Å². The summed E-state index contributed by atoms with van der Waals surface area (Å²) < 4.78 is 13.4. The van der Waals surface area contributed by atoms with Gasteiger partial charge < -0.3 is 15.2 Å². The molecule has 0 saturated heterocycles. The van der Waals surface area contributed by atoms with Crippen LogP contribution < -0.4 is 10.4 Å². The van der Waals surface area contributed by atoms with Crippen LogP contribution >= 0.6 is 0 Å². The number of aliphatic carboxylic acids is 1. The summed E-state index contributed by atoms with van der Waals surface area (Å²) in [5.74, 6) is -3.30. The number of anilines is 1. The van der Waals surface area contributed by atoms with E-state index in [0.717, 1.165) is 12.8 Å². The summed E-state index contributed by atoms with van der Waals surface area (Å²) in [6.07, 6.45) is 2.60. The Labute approximate surface area is 117 Å². The fraction of sp³-hybridized carbons (Fsp3) is 0.467. The summed E-state index contributed by atoms with van der Waals surface area (Å²) in [5, 5.41) is 13.7. The summed E-state index contributed by atoms with van der Waals surface area (Å²) in [5.41, 5.74) is 0.842. The van der Waals surface area contributed by atoms with Crippen LogP contribution in [0.25, 0.3) is 0 Å². The number of carboxylic acid groups (broad SMARTS) is 1. The van der Waals surface area contributed by atoms with Crippen LogP contribution in [0.5, 0.6) is 0 Å². The van der Waals surface area contributed by atoms with Gasteiger partial charge in [-0.3, -0.25) is 4.79 Å². The van der Waals surface area contributed by atoms with E-state index in [-0.39, 0.29) is 5.91 Å². The standard InChI is InChI=1S/C15H18FNO3/c1-9-6-7-10(8-13(9)16)17-14(18)11-4-2-3-5-12(11)15(19)20/h6-8,11-12H,2-5H2,1H3,(H,17,18)(H,19,20)/p-1/t11-,12+/m1/s1. The third-order valence-electron chi connectivity index (χ3n) is 3.84. The maximum atomic E-state index is 13.4. The number of hydrogen-bond acceptors (Lipinski definition) is 3. The van der Waals surface area contributed by atoms with Gasteiger partial charge >= 0.3 is 0 Å². The number of halogens is 1. The molecule has 1 saturated carbocycles. The van der Waals surface area contributed by atoms with Crippen molar-refractivity contribution in [3.8, 4) is 0 Å². The van der Waals surface area contributed by atoms with Crippen molar-refractivity contribution >= 4 is 17.6 Å². The molecule has 1 aromatic rings. The Bertz CT molecular complexity index is 530. The van der Waals surface area contributed by atoms with Crippen molar-refractivity contribution in [3.63, 3.8) is 0 Å². The Morgan fingerprint density at radius 3 is 2.50 bits per heavy atom. The largest absolute Gasteiger partial charge is 0.550 e. The minimum atomic E-state index is -1.18. The van der Waals surface area contributed by atoms with E-state index in [9.17, 15) is 19.1 Å². The quantitative estimate of drug-likeness (QED) is 0.913. The van der Waals surface area contributed by atoms with Gasteiger partial charge in [0.05, 0.1) is 0 Å². The van der Waals surface area contributed by atoms with Crippen LogP contribution in [0.4, 0.5) is 10.1 Å². The molecule has 0 heterocycles. The Hall–Kier alpha value is -1.91. The Morgan fingerprint density at radius 2 is 1.90 bits per heavy atom. The first kappa shape index (κ1) is 14.5. The molecule has 0 spiro atoms. The fourth-order valence-corrected chi connectivity index (χ4v) is 2.63. The van der Waals surface area contributed by atoms with E-state index in [1.807, 2.05) is 0 Å². The molecule has 0 aromatic heterocycles. The van der Waals surface area contributed by atoms with E-state index in [2.05, 4.69) is 5.32 Å². The summed E-state index contributed by atoms with van der Waals surface area (Å²) in [7, 11) is 0. The zero-order valence-corrected chi connectivity index (χ0v) is 11.3. The number of nitrogens with one attached hydrogen (secondary N) is 1. The zero-order chi connectivity index (χ0) is 14.7. The Balaban J connectivity index is 2.09. The van der Waals surface area contributed by atoms with Gasteiger partial charge in [0, 0.05) is 23.5 Å². The average molecular weight is 278 g/mol. The number of hydrogen-bond donors (Lipinski definition) is 1. The van der Waals surface area contributed by atoms with Gasteiger partial charge in [-0.25, -0.2) is 4.39 Å². The van der Waals surface area contributed by atoms with Gasteiger partial charge in [-0.2, -0.15) is 0 Å². The van der Waals surface area contributed by atoms with Crippen molar-refractivity contribution < 1.29 is 19.1 Å². The average Bonchev–Trinajstić information content (AvgIpc) is 2.43. The lowest BCUT2D eigenvalue weighted by Crippen LogP contribution is -2.42. The van der Waals surface area contributed by atoms with E-state index >= 15 is 0 Å². The van der Waals surface area contributed by atoms with Crippen molar-refractivity contribution in [3.05, 3.63) is 29.6 Å². The fourth-order valence-electron chi connectivity index (χ4n) is 2.63. The lowest BCUT2D eigenvalue weighted by molar-refractivity contribution is -0.313. The molecule has 20 heavy (non-hydrogen) atoms. The van der Waals surface area contributed by atoms with E-state index in [4.69, 9.17) is 0 Å². The van der Waals surface area contributed by atoms with E-state index in [1.165, 1.54) is 6.07 Å². The van der Waals surface area contributed by atoms with Crippen LogP contribution in [-0.2, 0) is 9.59 Å². The monoisotopic (exact) mass is 278 g/mol. The molecular formula is C15H17FNO3-. The van der Waals surface area contributed by atoms with Gasteiger partial charge in [0.2, 0.25) is 5.91 Å². The third-order valence-corrected chi connectivity index (χ3v) is 3.84. The molecule has 1 aromatic carbocycles. The molecule has 2 rings (SSSR count). The molecule has 0 unspecified atom stereocenters. The van der Waals surface area contributed by atoms with Gasteiger partial charge in [0.25, 0.3) is 0 Å². The predicted octanol–water partition coefficient (Wildman–Crippen LogP) is 1.63. The first-order chi connectivity index (χ1) is 9.49. The first-order valence-electron chi connectivity index (χ1n) is 6.77. The lowest BCUT2D eigenvalue weighted by Gasteiger charge is -2.31. The minimum absolute atomic E-state index is 0.348. The molecule has 0 radical (unpaired) electrons. The molecular weight excluding hydrogens is 261 g/mol. The summed E-state index contributed by atoms with van der Waals surface area (Å²) in [6.45, 7) is 1.63. The molecule has 2 atom stereocenters. The highest BCUT2D eigenvalue weighted by Crippen LogP contribution is 2.30. The molecule has 1 aliphatic rings. The van der Waals surface area contributed by atoms with E-state index < -0.39 is 23.6 Å². The van der Waals surface area contributed by atoms with Gasteiger partial charge in [-0.15, -0.1) is 0 Å². The summed E-state index contributed by atoms with van der Waals surface area (Å²) in [6, 6.07) is 4.42. The second-order valence-electron chi connectivity index (χ2n) is 5.27. The van der Waals surface area contributed by atoms with Crippen LogP contribution in [0.2, 0.25) is 0 Å².